The maximum atomic E-state index is 12.8. The first-order chi connectivity index (χ1) is 13.7. The average molecular weight is 459 g/mol. The van der Waals surface area contributed by atoms with E-state index in [1.54, 1.807) is 0 Å². The number of nitrogens with zero attached hydrogens (tertiary/aromatic N) is 4. The van der Waals surface area contributed by atoms with E-state index in [1.807, 2.05) is 6.92 Å². The highest BCUT2D eigenvalue weighted by molar-refractivity contribution is 7.89. The second-order valence-electron chi connectivity index (χ2n) is 6.55. The topological polar surface area (TPSA) is 92.6 Å². The van der Waals surface area contributed by atoms with Gasteiger partial charge in [-0.2, -0.15) is 9.40 Å². The van der Waals surface area contributed by atoms with Crippen molar-refractivity contribution >= 4 is 39.1 Å². The fraction of sp³-hybridized carbons (Fsp3) is 0.389. The van der Waals surface area contributed by atoms with Gasteiger partial charge in [0.25, 0.3) is 11.5 Å². The molecule has 29 heavy (non-hydrogen) atoms. The number of hydrogen-bond acceptors (Lipinski definition) is 5. The minimum atomic E-state index is -3.74. The number of amides is 1. The third kappa shape index (κ3) is 4.63. The minimum absolute atomic E-state index is 0.0555. The number of rotatable bonds is 5. The molecule has 0 atom stereocenters. The van der Waals surface area contributed by atoms with Crippen LogP contribution in [-0.4, -0.2) is 59.5 Å². The quantitative estimate of drug-likeness (QED) is 0.683. The van der Waals surface area contributed by atoms with E-state index in [-0.39, 0.29) is 58.3 Å². The van der Waals surface area contributed by atoms with E-state index in [0.717, 1.165) is 6.42 Å². The van der Waals surface area contributed by atoms with Gasteiger partial charge >= 0.3 is 0 Å². The highest BCUT2D eigenvalue weighted by Crippen LogP contribution is 2.27. The summed E-state index contributed by atoms with van der Waals surface area (Å²) in [6.45, 7) is 3.06. The molecular formula is C18H20Cl2N4O4S. The van der Waals surface area contributed by atoms with Crippen molar-refractivity contribution in [1.29, 1.82) is 0 Å². The predicted octanol–water partition coefficient (Wildman–Crippen LogP) is 2.11. The molecule has 156 valence electrons. The third-order valence-corrected chi connectivity index (χ3v) is 7.21. The normalized spacial score (nSPS) is 15.5. The summed E-state index contributed by atoms with van der Waals surface area (Å²) in [4.78, 5) is 26.1. The molecule has 2 aromatic rings. The van der Waals surface area contributed by atoms with Crippen LogP contribution < -0.4 is 5.56 Å². The fourth-order valence-electron chi connectivity index (χ4n) is 3.01. The van der Waals surface area contributed by atoms with Gasteiger partial charge in [-0.15, -0.1) is 0 Å². The Balaban J connectivity index is 1.71. The SMILES string of the molecule is CCCn1nc(C(=O)N2CCN(S(=O)(=O)c3ccc(Cl)c(Cl)c3)CC2)ccc1=O. The first-order valence-corrected chi connectivity index (χ1v) is 11.3. The number of benzene rings is 1. The molecule has 3 rings (SSSR count). The zero-order valence-corrected chi connectivity index (χ0v) is 18.0. The molecule has 2 heterocycles. The first-order valence-electron chi connectivity index (χ1n) is 9.06. The van der Waals surface area contributed by atoms with Crippen LogP contribution in [0.4, 0.5) is 0 Å². The van der Waals surface area contributed by atoms with Gasteiger partial charge in [0.2, 0.25) is 10.0 Å². The van der Waals surface area contributed by atoms with E-state index in [4.69, 9.17) is 23.2 Å². The van der Waals surface area contributed by atoms with Crippen molar-refractivity contribution in [2.24, 2.45) is 0 Å². The Labute approximate surface area is 178 Å². The van der Waals surface area contributed by atoms with Gasteiger partial charge in [0.15, 0.2) is 0 Å². The molecule has 0 spiro atoms. The summed E-state index contributed by atoms with van der Waals surface area (Å²) in [5, 5.41) is 4.56. The van der Waals surface area contributed by atoms with Gasteiger partial charge < -0.3 is 4.90 Å². The maximum Gasteiger partial charge on any atom is 0.274 e. The van der Waals surface area contributed by atoms with E-state index in [2.05, 4.69) is 5.10 Å². The molecule has 1 aromatic heterocycles. The highest BCUT2D eigenvalue weighted by atomic mass is 35.5. The summed E-state index contributed by atoms with van der Waals surface area (Å²) in [6, 6.07) is 6.88. The van der Waals surface area contributed by atoms with Crippen LogP contribution in [0.5, 0.6) is 0 Å². The van der Waals surface area contributed by atoms with Gasteiger partial charge in [-0.3, -0.25) is 9.59 Å². The number of piperazine rings is 1. The van der Waals surface area contributed by atoms with Crippen molar-refractivity contribution < 1.29 is 13.2 Å². The number of hydrogen-bond donors (Lipinski definition) is 0. The zero-order chi connectivity index (χ0) is 21.2. The van der Waals surface area contributed by atoms with Crippen LogP contribution >= 0.6 is 23.2 Å². The first kappa shape index (κ1) is 21.8. The summed E-state index contributed by atoms with van der Waals surface area (Å²) >= 11 is 11.8. The van der Waals surface area contributed by atoms with E-state index >= 15 is 0 Å². The Morgan fingerprint density at radius 3 is 2.38 bits per heavy atom. The van der Waals surface area contributed by atoms with Gasteiger partial charge in [0, 0.05) is 38.8 Å². The average Bonchev–Trinajstić information content (AvgIpc) is 2.71. The summed E-state index contributed by atoms with van der Waals surface area (Å²) in [7, 11) is -3.74. The monoisotopic (exact) mass is 458 g/mol. The standard InChI is InChI=1S/C18H20Cl2N4O4S/c1-2-7-24-17(25)6-5-16(21-24)18(26)22-8-10-23(11-9-22)29(27,28)13-3-4-14(19)15(20)12-13/h3-6,12H,2,7-11H2,1H3. The minimum Gasteiger partial charge on any atom is -0.335 e. The number of aryl methyl sites for hydroxylation is 1. The van der Waals surface area contributed by atoms with Gasteiger partial charge in [-0.05, 0) is 30.7 Å². The van der Waals surface area contributed by atoms with Gasteiger partial charge in [0.05, 0.1) is 14.9 Å². The second kappa shape index (κ2) is 8.83. The van der Waals surface area contributed by atoms with E-state index < -0.39 is 10.0 Å². The van der Waals surface area contributed by atoms with Crippen LogP contribution in [0.15, 0.2) is 40.0 Å². The molecule has 1 aliphatic rings. The lowest BCUT2D eigenvalue weighted by molar-refractivity contribution is 0.0689. The van der Waals surface area contributed by atoms with Crippen molar-refractivity contribution in [3.05, 3.63) is 56.4 Å². The molecule has 0 saturated carbocycles. The van der Waals surface area contributed by atoms with Crippen molar-refractivity contribution in [1.82, 2.24) is 19.0 Å². The molecule has 8 nitrogen and oxygen atoms in total. The van der Waals surface area contributed by atoms with Crippen molar-refractivity contribution in [3.63, 3.8) is 0 Å². The predicted molar refractivity (Wildman–Crippen MR) is 110 cm³/mol. The molecule has 11 heteroatoms. The van der Waals surface area contributed by atoms with E-state index in [9.17, 15) is 18.0 Å². The van der Waals surface area contributed by atoms with E-state index in [1.165, 1.54) is 44.2 Å². The number of halogens is 2. The van der Waals surface area contributed by atoms with Gasteiger partial charge in [-0.25, -0.2) is 13.1 Å². The lowest BCUT2D eigenvalue weighted by Crippen LogP contribution is -2.50. The fourth-order valence-corrected chi connectivity index (χ4v) is 4.83. The molecule has 0 aliphatic carbocycles. The summed E-state index contributed by atoms with van der Waals surface area (Å²) < 4.78 is 28.2. The Bertz CT molecular complexity index is 1080. The molecule has 1 aromatic carbocycles. The van der Waals surface area contributed by atoms with Crippen molar-refractivity contribution in [3.8, 4) is 0 Å². The molecule has 0 N–H and O–H groups in total. The molecule has 0 bridgehead atoms. The van der Waals surface area contributed by atoms with Crippen molar-refractivity contribution in [2.75, 3.05) is 26.2 Å². The third-order valence-electron chi connectivity index (χ3n) is 4.58. The van der Waals surface area contributed by atoms with Crippen LogP contribution in [0.2, 0.25) is 10.0 Å². The summed E-state index contributed by atoms with van der Waals surface area (Å²) in [6.07, 6.45) is 0.718. The van der Waals surface area contributed by atoms with Crippen LogP contribution in [0.25, 0.3) is 0 Å². The van der Waals surface area contributed by atoms with Gasteiger partial charge in [-0.1, -0.05) is 30.1 Å². The largest absolute Gasteiger partial charge is 0.335 e. The Morgan fingerprint density at radius 1 is 1.07 bits per heavy atom. The highest BCUT2D eigenvalue weighted by Gasteiger charge is 2.31. The molecule has 0 unspecified atom stereocenters. The van der Waals surface area contributed by atoms with Crippen LogP contribution in [0.3, 0.4) is 0 Å². The lowest BCUT2D eigenvalue weighted by atomic mass is 10.3. The van der Waals surface area contributed by atoms with Crippen LogP contribution in [-0.2, 0) is 16.6 Å². The Kier molecular flexibility index (Phi) is 6.62. The number of carbonyl (C=O) groups is 1. The molecule has 1 fully saturated rings. The Morgan fingerprint density at radius 2 is 1.76 bits per heavy atom. The van der Waals surface area contributed by atoms with Gasteiger partial charge in [0.1, 0.15) is 5.69 Å². The maximum absolute atomic E-state index is 12.8. The molecule has 1 aliphatic heterocycles. The zero-order valence-electron chi connectivity index (χ0n) is 15.7. The Hall–Kier alpha value is -1.94. The number of sulfonamides is 1. The number of carbonyl (C=O) groups excluding carboxylic acids is 1. The summed E-state index contributed by atoms with van der Waals surface area (Å²) in [5.41, 5.74) is -0.0974. The van der Waals surface area contributed by atoms with E-state index in [0.29, 0.717) is 6.54 Å². The summed E-state index contributed by atoms with van der Waals surface area (Å²) in [5.74, 6) is -0.332. The van der Waals surface area contributed by atoms with Crippen molar-refractivity contribution in [2.45, 2.75) is 24.8 Å². The molecule has 1 amide bonds. The van der Waals surface area contributed by atoms with Crippen LogP contribution in [0, 0.1) is 0 Å². The molecule has 1 saturated heterocycles. The number of aromatic nitrogens is 2. The second-order valence-corrected chi connectivity index (χ2v) is 9.30. The van der Waals surface area contributed by atoms with Crippen LogP contribution in [0.1, 0.15) is 23.8 Å². The molecule has 0 radical (unpaired) electrons. The lowest BCUT2D eigenvalue weighted by Gasteiger charge is -2.33. The smallest absolute Gasteiger partial charge is 0.274 e. The molecular weight excluding hydrogens is 439 g/mol.